The minimum absolute atomic E-state index is 0.134. The lowest BCUT2D eigenvalue weighted by atomic mass is 9.73. The molecule has 1 unspecified atom stereocenters. The lowest BCUT2D eigenvalue weighted by Crippen LogP contribution is -2.52. The van der Waals surface area contributed by atoms with Crippen LogP contribution in [0.4, 0.5) is 0 Å². The average molecular weight is 295 g/mol. The van der Waals surface area contributed by atoms with E-state index in [0.29, 0.717) is 11.8 Å². The Morgan fingerprint density at radius 3 is 1.76 bits per heavy atom. The van der Waals surface area contributed by atoms with Crippen molar-refractivity contribution in [2.75, 3.05) is 0 Å². The van der Waals surface area contributed by atoms with Crippen molar-refractivity contribution in [1.29, 1.82) is 0 Å². The molecule has 0 bridgehead atoms. The number of amides is 1. The molecular formula is C17H29NO3. The molecule has 2 aliphatic rings. The maximum atomic E-state index is 11.6. The fourth-order valence-corrected chi connectivity index (χ4v) is 4.37. The molecule has 0 aromatic carbocycles. The highest BCUT2D eigenvalue weighted by molar-refractivity contribution is 5.75. The first kappa shape index (κ1) is 16.3. The van der Waals surface area contributed by atoms with E-state index in [0.717, 1.165) is 32.1 Å². The molecule has 2 aliphatic carbocycles. The highest BCUT2D eigenvalue weighted by Crippen LogP contribution is 2.38. The Labute approximate surface area is 127 Å². The summed E-state index contributed by atoms with van der Waals surface area (Å²) in [5, 5.41) is 9.33. The van der Waals surface area contributed by atoms with Crippen molar-refractivity contribution < 1.29 is 14.7 Å². The number of rotatable bonds is 6. The summed E-state index contributed by atoms with van der Waals surface area (Å²) in [4.78, 5) is 24.6. The maximum Gasteiger partial charge on any atom is 0.326 e. The molecule has 4 nitrogen and oxygen atoms in total. The van der Waals surface area contributed by atoms with Crippen LogP contribution in [0.25, 0.3) is 0 Å². The van der Waals surface area contributed by atoms with Crippen molar-refractivity contribution in [3.05, 3.63) is 0 Å². The van der Waals surface area contributed by atoms with Crippen molar-refractivity contribution in [1.82, 2.24) is 4.90 Å². The number of aliphatic carboxylic acids is 1. The van der Waals surface area contributed by atoms with Crippen LogP contribution in [0.2, 0.25) is 0 Å². The second-order valence-corrected chi connectivity index (χ2v) is 6.85. The van der Waals surface area contributed by atoms with Gasteiger partial charge in [-0.3, -0.25) is 4.79 Å². The van der Waals surface area contributed by atoms with Gasteiger partial charge in [-0.05, 0) is 44.4 Å². The Morgan fingerprint density at radius 1 is 1.00 bits per heavy atom. The summed E-state index contributed by atoms with van der Waals surface area (Å²) in [5.41, 5.74) is 0. The van der Waals surface area contributed by atoms with Crippen molar-refractivity contribution in [3.8, 4) is 0 Å². The molecule has 1 N–H and O–H groups in total. The molecule has 0 radical (unpaired) electrons. The van der Waals surface area contributed by atoms with E-state index in [1.54, 1.807) is 11.8 Å². The number of carbonyl (C=O) groups is 2. The quantitative estimate of drug-likeness (QED) is 0.764. The SMILES string of the molecule is CC(C(=O)O)N(C=O)C(C1CCCCC1)C1CCCCC1. The van der Waals surface area contributed by atoms with Crippen molar-refractivity contribution >= 4 is 12.4 Å². The Balaban J connectivity index is 2.19. The molecule has 0 spiro atoms. The predicted octanol–water partition coefficient (Wildman–Crippen LogP) is 3.45. The van der Waals surface area contributed by atoms with E-state index in [1.165, 1.54) is 38.5 Å². The minimum Gasteiger partial charge on any atom is -0.480 e. The predicted molar refractivity (Wildman–Crippen MR) is 81.9 cm³/mol. The Morgan fingerprint density at radius 2 is 1.43 bits per heavy atom. The van der Waals surface area contributed by atoms with E-state index < -0.39 is 12.0 Å². The minimum atomic E-state index is -0.890. The number of carbonyl (C=O) groups excluding carboxylic acids is 1. The van der Waals surface area contributed by atoms with Gasteiger partial charge in [0, 0.05) is 6.04 Å². The molecule has 1 amide bonds. The zero-order valence-corrected chi connectivity index (χ0v) is 13.2. The fourth-order valence-electron chi connectivity index (χ4n) is 4.37. The van der Waals surface area contributed by atoms with Crippen LogP contribution in [0, 0.1) is 11.8 Å². The molecule has 0 aromatic rings. The van der Waals surface area contributed by atoms with Crippen molar-refractivity contribution in [2.45, 2.75) is 83.2 Å². The van der Waals surface area contributed by atoms with Crippen LogP contribution < -0.4 is 0 Å². The molecule has 1 atom stereocenters. The van der Waals surface area contributed by atoms with Gasteiger partial charge >= 0.3 is 5.97 Å². The topological polar surface area (TPSA) is 57.6 Å². The smallest absolute Gasteiger partial charge is 0.326 e. The normalized spacial score (nSPS) is 23.0. The molecule has 4 heteroatoms. The molecule has 0 saturated heterocycles. The molecule has 0 heterocycles. The van der Waals surface area contributed by atoms with Gasteiger partial charge in [-0.25, -0.2) is 4.79 Å². The Kier molecular flexibility index (Phi) is 6.07. The van der Waals surface area contributed by atoms with Crippen molar-refractivity contribution in [3.63, 3.8) is 0 Å². The van der Waals surface area contributed by atoms with Gasteiger partial charge in [0.05, 0.1) is 0 Å². The van der Waals surface area contributed by atoms with Gasteiger partial charge in [0.15, 0.2) is 0 Å². The van der Waals surface area contributed by atoms with Gasteiger partial charge in [-0.2, -0.15) is 0 Å². The summed E-state index contributed by atoms with van der Waals surface area (Å²) in [6.45, 7) is 1.65. The zero-order valence-electron chi connectivity index (χ0n) is 13.2. The second kappa shape index (κ2) is 7.81. The largest absolute Gasteiger partial charge is 0.480 e. The first-order valence-electron chi connectivity index (χ1n) is 8.60. The van der Waals surface area contributed by atoms with E-state index in [1.807, 2.05) is 0 Å². The van der Waals surface area contributed by atoms with E-state index in [-0.39, 0.29) is 6.04 Å². The monoisotopic (exact) mass is 295 g/mol. The summed E-state index contributed by atoms with van der Waals surface area (Å²) in [5.74, 6) is 0.0985. The van der Waals surface area contributed by atoms with E-state index >= 15 is 0 Å². The van der Waals surface area contributed by atoms with E-state index in [2.05, 4.69) is 0 Å². The summed E-state index contributed by atoms with van der Waals surface area (Å²) in [6.07, 6.45) is 12.9. The third-order valence-electron chi connectivity index (χ3n) is 5.54. The molecule has 2 fully saturated rings. The van der Waals surface area contributed by atoms with Crippen LogP contribution in [-0.2, 0) is 9.59 Å². The third kappa shape index (κ3) is 3.98. The highest BCUT2D eigenvalue weighted by Gasteiger charge is 2.38. The second-order valence-electron chi connectivity index (χ2n) is 6.85. The molecule has 0 aromatic heterocycles. The zero-order chi connectivity index (χ0) is 15.2. The number of nitrogens with zero attached hydrogens (tertiary/aromatic N) is 1. The molecule has 2 saturated carbocycles. The van der Waals surface area contributed by atoms with Gasteiger partial charge in [0.1, 0.15) is 6.04 Å². The number of hydrogen-bond acceptors (Lipinski definition) is 2. The maximum absolute atomic E-state index is 11.6. The van der Waals surface area contributed by atoms with Crippen molar-refractivity contribution in [2.24, 2.45) is 11.8 Å². The number of carboxylic acids is 1. The summed E-state index contributed by atoms with van der Waals surface area (Å²) >= 11 is 0. The van der Waals surface area contributed by atoms with Crippen LogP contribution in [0.3, 0.4) is 0 Å². The molecule has 120 valence electrons. The fraction of sp³-hybridized carbons (Fsp3) is 0.882. The lowest BCUT2D eigenvalue weighted by molar-refractivity contribution is -0.149. The van der Waals surface area contributed by atoms with Crippen LogP contribution in [-0.4, -0.2) is 34.5 Å². The first-order valence-corrected chi connectivity index (χ1v) is 8.60. The third-order valence-corrected chi connectivity index (χ3v) is 5.54. The van der Waals surface area contributed by atoms with Crippen LogP contribution in [0.5, 0.6) is 0 Å². The molecule has 0 aliphatic heterocycles. The number of hydrogen-bond donors (Lipinski definition) is 1. The van der Waals surface area contributed by atoms with Crippen LogP contribution >= 0.6 is 0 Å². The summed E-state index contributed by atoms with van der Waals surface area (Å²) in [7, 11) is 0. The Hall–Kier alpha value is -1.06. The average Bonchev–Trinajstić information content (AvgIpc) is 2.53. The Bertz CT molecular complexity index is 328. The van der Waals surface area contributed by atoms with Gasteiger partial charge in [-0.1, -0.05) is 38.5 Å². The number of carboxylic acid groups (broad SMARTS) is 1. The van der Waals surface area contributed by atoms with E-state index in [4.69, 9.17) is 0 Å². The first-order chi connectivity index (χ1) is 10.1. The molecule has 21 heavy (non-hydrogen) atoms. The van der Waals surface area contributed by atoms with Gasteiger partial charge < -0.3 is 10.0 Å². The molecular weight excluding hydrogens is 266 g/mol. The van der Waals surface area contributed by atoms with E-state index in [9.17, 15) is 14.7 Å². The van der Waals surface area contributed by atoms with Crippen LogP contribution in [0.15, 0.2) is 0 Å². The van der Waals surface area contributed by atoms with Gasteiger partial charge in [0.25, 0.3) is 0 Å². The summed E-state index contributed by atoms with van der Waals surface area (Å²) < 4.78 is 0. The van der Waals surface area contributed by atoms with Gasteiger partial charge in [-0.15, -0.1) is 0 Å². The standard InChI is InChI=1S/C17H29NO3/c1-13(17(20)21)18(12-19)16(14-8-4-2-5-9-14)15-10-6-3-7-11-15/h12-16H,2-11H2,1H3,(H,20,21). The van der Waals surface area contributed by atoms with Gasteiger partial charge in [0.2, 0.25) is 6.41 Å². The highest BCUT2D eigenvalue weighted by atomic mass is 16.4. The molecule has 2 rings (SSSR count). The summed E-state index contributed by atoms with van der Waals surface area (Å²) in [6, 6.07) is -0.578. The van der Waals surface area contributed by atoms with Crippen LogP contribution in [0.1, 0.15) is 71.1 Å². The lowest BCUT2D eigenvalue weighted by Gasteiger charge is -2.44.